The van der Waals surface area contributed by atoms with Crippen molar-refractivity contribution in [3.8, 4) is 0 Å². The van der Waals surface area contributed by atoms with Gasteiger partial charge in [-0.05, 0) is 13.8 Å². The molecule has 0 radical (unpaired) electrons. The summed E-state index contributed by atoms with van der Waals surface area (Å²) >= 11 is 0. The first-order valence-corrected chi connectivity index (χ1v) is 3.27. The maximum atomic E-state index is 10.9. The fourth-order valence-corrected chi connectivity index (χ4v) is 0.543. The van der Waals surface area contributed by atoms with Gasteiger partial charge in [0.05, 0.1) is 12.2 Å². The van der Waals surface area contributed by atoms with Crippen LogP contribution in [0.1, 0.15) is 13.8 Å². The van der Waals surface area contributed by atoms with E-state index >= 15 is 0 Å². The highest BCUT2D eigenvalue weighted by atomic mass is 16.5. The van der Waals surface area contributed by atoms with E-state index in [1.165, 1.54) is 0 Å². The van der Waals surface area contributed by atoms with Gasteiger partial charge in [0.2, 0.25) is 0 Å². The highest BCUT2D eigenvalue weighted by Crippen LogP contribution is 1.97. The molecule has 4 nitrogen and oxygen atoms in total. The second kappa shape index (κ2) is 4.49. The molecule has 62 valence electrons. The van der Waals surface area contributed by atoms with Gasteiger partial charge in [-0.3, -0.25) is 0 Å². The Morgan fingerprint density at radius 3 is 2.55 bits per heavy atom. The van der Waals surface area contributed by atoms with E-state index in [2.05, 4.69) is 4.74 Å². The predicted octanol–water partition coefficient (Wildman–Crippen LogP) is 0.432. The second-order valence-electron chi connectivity index (χ2n) is 1.96. The van der Waals surface area contributed by atoms with Crippen molar-refractivity contribution in [1.82, 2.24) is 0 Å². The van der Waals surface area contributed by atoms with Crippen molar-refractivity contribution in [2.45, 2.75) is 13.8 Å². The van der Waals surface area contributed by atoms with Gasteiger partial charge >= 0.3 is 5.97 Å². The molecule has 0 amide bonds. The summed E-state index contributed by atoms with van der Waals surface area (Å²) in [7, 11) is 0. The van der Waals surface area contributed by atoms with Gasteiger partial charge in [0, 0.05) is 11.9 Å². The Hall–Kier alpha value is -1.32. The standard InChI is InChI=1S/C7H12N2O2/c1-3-11-7(10)6(4-8)5(2)9/h4,8H,3,9H2,1-2H3. The van der Waals surface area contributed by atoms with E-state index in [-0.39, 0.29) is 5.57 Å². The summed E-state index contributed by atoms with van der Waals surface area (Å²) in [4.78, 5) is 10.9. The van der Waals surface area contributed by atoms with Crippen LogP contribution in [0.4, 0.5) is 0 Å². The molecular weight excluding hydrogens is 144 g/mol. The van der Waals surface area contributed by atoms with Crippen LogP contribution < -0.4 is 5.73 Å². The van der Waals surface area contributed by atoms with E-state index in [0.717, 1.165) is 6.21 Å². The minimum absolute atomic E-state index is 0.117. The molecule has 4 heteroatoms. The van der Waals surface area contributed by atoms with E-state index < -0.39 is 5.97 Å². The molecule has 0 fully saturated rings. The van der Waals surface area contributed by atoms with Crippen LogP contribution in [0.3, 0.4) is 0 Å². The first kappa shape index (κ1) is 9.68. The maximum Gasteiger partial charge on any atom is 0.341 e. The van der Waals surface area contributed by atoms with Crippen molar-refractivity contribution in [1.29, 1.82) is 5.41 Å². The number of allylic oxidation sites excluding steroid dienone is 1. The predicted molar refractivity (Wildman–Crippen MR) is 42.3 cm³/mol. The number of carbonyl (C=O) groups excluding carboxylic acids is 1. The molecule has 0 aromatic heterocycles. The molecule has 0 unspecified atom stereocenters. The van der Waals surface area contributed by atoms with Crippen molar-refractivity contribution in [2.24, 2.45) is 5.73 Å². The summed E-state index contributed by atoms with van der Waals surface area (Å²) in [5.74, 6) is -0.539. The quantitative estimate of drug-likeness (QED) is 0.353. The van der Waals surface area contributed by atoms with Gasteiger partial charge < -0.3 is 15.9 Å². The van der Waals surface area contributed by atoms with E-state index in [1.807, 2.05) is 0 Å². The first-order valence-electron chi connectivity index (χ1n) is 3.27. The monoisotopic (exact) mass is 156 g/mol. The van der Waals surface area contributed by atoms with Crippen LogP contribution in [0, 0.1) is 5.41 Å². The Kier molecular flexibility index (Phi) is 3.95. The molecule has 3 N–H and O–H groups in total. The van der Waals surface area contributed by atoms with E-state index in [9.17, 15) is 4.79 Å². The first-order chi connectivity index (χ1) is 5.13. The molecule has 0 aliphatic heterocycles. The number of rotatable bonds is 3. The lowest BCUT2D eigenvalue weighted by molar-refractivity contribution is -0.137. The van der Waals surface area contributed by atoms with Gasteiger partial charge in [-0.1, -0.05) is 0 Å². The summed E-state index contributed by atoms with van der Waals surface area (Å²) in [6.45, 7) is 3.55. The fourth-order valence-electron chi connectivity index (χ4n) is 0.543. The Bertz CT molecular complexity index is 193. The molecule has 0 rings (SSSR count). The van der Waals surface area contributed by atoms with Crippen LogP contribution in [0.2, 0.25) is 0 Å². The summed E-state index contributed by atoms with van der Waals surface area (Å²) in [5, 5.41) is 6.84. The summed E-state index contributed by atoms with van der Waals surface area (Å²) in [6, 6.07) is 0. The third-order valence-electron chi connectivity index (χ3n) is 1.06. The number of nitrogens with two attached hydrogens (primary N) is 1. The van der Waals surface area contributed by atoms with Gasteiger partial charge in [-0.25, -0.2) is 4.79 Å². The Morgan fingerprint density at radius 1 is 1.73 bits per heavy atom. The molecule has 0 aliphatic carbocycles. The molecular formula is C7H12N2O2. The number of ether oxygens (including phenoxy) is 1. The van der Waals surface area contributed by atoms with E-state index in [4.69, 9.17) is 11.1 Å². The Balaban J connectivity index is 4.40. The highest BCUT2D eigenvalue weighted by molar-refractivity contribution is 6.09. The zero-order valence-electron chi connectivity index (χ0n) is 6.68. The summed E-state index contributed by atoms with van der Waals surface area (Å²) in [5.41, 5.74) is 5.73. The van der Waals surface area contributed by atoms with Crippen molar-refractivity contribution in [2.75, 3.05) is 6.61 Å². The Labute approximate surface area is 65.5 Å². The molecule has 0 heterocycles. The molecule has 0 atom stereocenters. The van der Waals surface area contributed by atoms with Gasteiger partial charge in [0.1, 0.15) is 0 Å². The number of hydrogen-bond donors (Lipinski definition) is 2. The van der Waals surface area contributed by atoms with Crippen molar-refractivity contribution in [3.05, 3.63) is 11.3 Å². The lowest BCUT2D eigenvalue weighted by Crippen LogP contribution is -2.13. The third kappa shape index (κ3) is 2.84. The smallest absolute Gasteiger partial charge is 0.341 e. The minimum atomic E-state index is -0.539. The van der Waals surface area contributed by atoms with Gasteiger partial charge in [0.25, 0.3) is 0 Å². The van der Waals surface area contributed by atoms with Crippen LogP contribution in [-0.2, 0) is 9.53 Å². The number of nitrogens with one attached hydrogen (secondary N) is 1. The van der Waals surface area contributed by atoms with Crippen LogP contribution in [-0.4, -0.2) is 18.8 Å². The second-order valence-corrected chi connectivity index (χ2v) is 1.96. The van der Waals surface area contributed by atoms with Crippen LogP contribution in [0.5, 0.6) is 0 Å². The normalized spacial score (nSPS) is 11.8. The van der Waals surface area contributed by atoms with Crippen LogP contribution in [0.25, 0.3) is 0 Å². The number of hydrogen-bond acceptors (Lipinski definition) is 4. The molecule has 0 saturated carbocycles. The summed E-state index contributed by atoms with van der Waals surface area (Å²) < 4.78 is 4.63. The third-order valence-corrected chi connectivity index (χ3v) is 1.06. The fraction of sp³-hybridized carbons (Fsp3) is 0.429. The molecule has 0 spiro atoms. The lowest BCUT2D eigenvalue weighted by atomic mass is 10.2. The van der Waals surface area contributed by atoms with Crippen molar-refractivity contribution >= 4 is 12.2 Å². The number of carbonyl (C=O) groups is 1. The lowest BCUT2D eigenvalue weighted by Gasteiger charge is -2.02. The van der Waals surface area contributed by atoms with Gasteiger partial charge in [-0.15, -0.1) is 0 Å². The van der Waals surface area contributed by atoms with E-state index in [0.29, 0.717) is 12.3 Å². The topological polar surface area (TPSA) is 76.2 Å². The zero-order chi connectivity index (χ0) is 8.85. The van der Waals surface area contributed by atoms with Crippen LogP contribution in [0.15, 0.2) is 11.3 Å². The van der Waals surface area contributed by atoms with E-state index in [1.54, 1.807) is 13.8 Å². The molecule has 0 saturated heterocycles. The van der Waals surface area contributed by atoms with Gasteiger partial charge in [-0.2, -0.15) is 0 Å². The largest absolute Gasteiger partial charge is 0.462 e. The molecule has 0 aliphatic rings. The highest BCUT2D eigenvalue weighted by Gasteiger charge is 2.08. The zero-order valence-corrected chi connectivity index (χ0v) is 6.68. The van der Waals surface area contributed by atoms with Gasteiger partial charge in [0.15, 0.2) is 0 Å². The average molecular weight is 156 g/mol. The van der Waals surface area contributed by atoms with Crippen LogP contribution >= 0.6 is 0 Å². The molecule has 0 aromatic carbocycles. The summed E-state index contributed by atoms with van der Waals surface area (Å²) in [6.07, 6.45) is 0.896. The van der Waals surface area contributed by atoms with Crippen molar-refractivity contribution < 1.29 is 9.53 Å². The average Bonchev–Trinajstić information content (AvgIpc) is 1.88. The molecule has 0 aromatic rings. The SMILES string of the molecule is CCOC(=O)C(C=N)=C(C)N. The molecule has 11 heavy (non-hydrogen) atoms. The Morgan fingerprint density at radius 2 is 2.27 bits per heavy atom. The number of esters is 1. The maximum absolute atomic E-state index is 10.9. The van der Waals surface area contributed by atoms with Crippen molar-refractivity contribution in [3.63, 3.8) is 0 Å². The minimum Gasteiger partial charge on any atom is -0.462 e. The molecule has 0 bridgehead atoms.